The summed E-state index contributed by atoms with van der Waals surface area (Å²) in [5, 5.41) is 13.2. The van der Waals surface area contributed by atoms with Gasteiger partial charge < -0.3 is 10.1 Å². The molecule has 194 valence electrons. The average molecular weight is 497 g/mol. The third kappa shape index (κ3) is 5.51. The number of hydrazine groups is 1. The predicted molar refractivity (Wildman–Crippen MR) is 138 cm³/mol. The van der Waals surface area contributed by atoms with Gasteiger partial charge in [0.05, 0.1) is 6.20 Å². The molecular formula is C26H37FN8O. The van der Waals surface area contributed by atoms with Crippen LogP contribution in [0.15, 0.2) is 35.8 Å². The van der Waals surface area contributed by atoms with Crippen LogP contribution in [0.3, 0.4) is 0 Å². The van der Waals surface area contributed by atoms with Gasteiger partial charge in [-0.3, -0.25) is 20.3 Å². The zero-order valence-electron chi connectivity index (χ0n) is 21.5. The number of halogens is 1. The van der Waals surface area contributed by atoms with Crippen molar-refractivity contribution in [1.29, 1.82) is 0 Å². The maximum Gasteiger partial charge on any atom is 0.151 e. The van der Waals surface area contributed by atoms with E-state index in [1.807, 2.05) is 6.20 Å². The van der Waals surface area contributed by atoms with Gasteiger partial charge in [-0.1, -0.05) is 0 Å². The van der Waals surface area contributed by atoms with Gasteiger partial charge in [0.15, 0.2) is 5.82 Å². The molecule has 0 spiro atoms. The molecule has 0 aliphatic carbocycles. The fourth-order valence-corrected chi connectivity index (χ4v) is 5.78. The van der Waals surface area contributed by atoms with Gasteiger partial charge in [-0.25, -0.2) is 14.9 Å². The number of rotatable bonds is 5. The highest BCUT2D eigenvalue weighted by Crippen LogP contribution is 2.30. The van der Waals surface area contributed by atoms with Crippen LogP contribution in [-0.4, -0.2) is 55.9 Å². The molecule has 3 aliphatic heterocycles. The first-order valence-electron chi connectivity index (χ1n) is 12.8. The van der Waals surface area contributed by atoms with Crippen LogP contribution in [0.1, 0.15) is 71.7 Å². The Kier molecular flexibility index (Phi) is 6.71. The average Bonchev–Trinajstić information content (AvgIpc) is 3.29. The van der Waals surface area contributed by atoms with Gasteiger partial charge in [0.2, 0.25) is 0 Å². The molecule has 0 bridgehead atoms. The Balaban J connectivity index is 1.26. The van der Waals surface area contributed by atoms with Crippen molar-refractivity contribution in [2.45, 2.75) is 89.3 Å². The van der Waals surface area contributed by atoms with Crippen molar-refractivity contribution in [3.63, 3.8) is 0 Å². The summed E-state index contributed by atoms with van der Waals surface area (Å²) in [6.45, 7) is 9.58. The SMILES string of the molecule is CC1(C)CC(NC2C=NC(c3ncc(-c4cnn(C5CCCCO5)c4)cc3F)=CN2N)CC(C)(C)N1. The molecule has 0 amide bonds. The van der Waals surface area contributed by atoms with Gasteiger partial charge >= 0.3 is 0 Å². The number of nitrogens with zero attached hydrogens (tertiary/aromatic N) is 5. The van der Waals surface area contributed by atoms with Crippen molar-refractivity contribution in [2.75, 3.05) is 6.61 Å². The number of nitrogens with one attached hydrogen (secondary N) is 2. The first-order chi connectivity index (χ1) is 17.1. The maximum atomic E-state index is 15.1. The second kappa shape index (κ2) is 9.66. The van der Waals surface area contributed by atoms with Crippen LogP contribution < -0.4 is 16.5 Å². The lowest BCUT2D eigenvalue weighted by molar-refractivity contribution is -0.0394. The minimum absolute atomic E-state index is 0.0143. The zero-order valence-corrected chi connectivity index (χ0v) is 21.5. The number of hydrogen-bond donors (Lipinski definition) is 3. The first kappa shape index (κ1) is 25.0. The van der Waals surface area contributed by atoms with Gasteiger partial charge in [-0.05, 0) is 65.9 Å². The largest absolute Gasteiger partial charge is 0.357 e. The van der Waals surface area contributed by atoms with Crippen LogP contribution in [0.4, 0.5) is 4.39 Å². The highest BCUT2D eigenvalue weighted by atomic mass is 19.1. The number of aliphatic imine (C=N–C) groups is 1. The monoisotopic (exact) mass is 496 g/mol. The smallest absolute Gasteiger partial charge is 0.151 e. The van der Waals surface area contributed by atoms with Crippen LogP contribution in [0.5, 0.6) is 0 Å². The third-order valence-corrected chi connectivity index (χ3v) is 7.01. The molecule has 0 saturated carbocycles. The molecule has 9 nitrogen and oxygen atoms in total. The Morgan fingerprint density at radius 2 is 1.92 bits per heavy atom. The lowest BCUT2D eigenvalue weighted by atomic mass is 9.79. The van der Waals surface area contributed by atoms with E-state index < -0.39 is 5.82 Å². The fourth-order valence-electron chi connectivity index (χ4n) is 5.78. The van der Waals surface area contributed by atoms with Crippen LogP contribution in [-0.2, 0) is 4.74 Å². The Bertz CT molecular complexity index is 1130. The molecule has 36 heavy (non-hydrogen) atoms. The standard InChI is InChI=1S/C26H37FN8O/c1-25(2)10-19(11-26(3,4)33-25)32-22-14-29-21(16-34(22)28)24-20(27)9-17(12-30-24)18-13-31-35(15-18)23-7-5-6-8-36-23/h9,12-16,19,22-23,32-33H,5-8,10-11,28H2,1-4H3. The molecule has 2 aromatic heterocycles. The number of nitrogens with two attached hydrogens (primary N) is 1. The normalized spacial score (nSPS) is 26.2. The maximum absolute atomic E-state index is 15.1. The number of ether oxygens (including phenoxy) is 1. The van der Waals surface area contributed by atoms with E-state index in [2.05, 4.69) is 53.4 Å². The van der Waals surface area contributed by atoms with Gasteiger partial charge in [-0.15, -0.1) is 0 Å². The molecule has 2 fully saturated rings. The van der Waals surface area contributed by atoms with Crippen LogP contribution in [0.2, 0.25) is 0 Å². The Morgan fingerprint density at radius 1 is 1.14 bits per heavy atom. The molecule has 10 heteroatoms. The molecule has 2 saturated heterocycles. The summed E-state index contributed by atoms with van der Waals surface area (Å²) >= 11 is 0. The second-order valence-electron chi connectivity index (χ2n) is 11.4. The topological polar surface area (TPSA) is 106 Å². The minimum Gasteiger partial charge on any atom is -0.357 e. The molecule has 3 aliphatic rings. The Morgan fingerprint density at radius 3 is 2.58 bits per heavy atom. The zero-order chi connectivity index (χ0) is 25.5. The van der Waals surface area contributed by atoms with Crippen LogP contribution in [0.25, 0.3) is 16.8 Å². The van der Waals surface area contributed by atoms with E-state index in [1.165, 1.54) is 11.1 Å². The van der Waals surface area contributed by atoms with E-state index in [-0.39, 0.29) is 35.2 Å². The number of piperidine rings is 1. The summed E-state index contributed by atoms with van der Waals surface area (Å²) in [6.07, 6.45) is 13.3. The van der Waals surface area contributed by atoms with Gasteiger partial charge in [0.25, 0.3) is 0 Å². The molecular weight excluding hydrogens is 459 g/mol. The van der Waals surface area contributed by atoms with E-state index >= 15 is 4.39 Å². The highest BCUT2D eigenvalue weighted by molar-refractivity contribution is 5.78. The Labute approximate surface area is 212 Å². The van der Waals surface area contributed by atoms with Gasteiger partial charge in [0, 0.05) is 59.7 Å². The fraction of sp³-hybridized carbons (Fsp3) is 0.577. The van der Waals surface area contributed by atoms with E-state index in [4.69, 9.17) is 10.6 Å². The van der Waals surface area contributed by atoms with Crippen LogP contribution in [0, 0.1) is 5.82 Å². The molecule has 5 rings (SSSR count). The minimum atomic E-state index is -0.459. The lowest BCUT2D eigenvalue weighted by Gasteiger charge is -2.47. The molecule has 4 N–H and O–H groups in total. The lowest BCUT2D eigenvalue weighted by Crippen LogP contribution is -2.64. The summed E-state index contributed by atoms with van der Waals surface area (Å²) in [5.41, 5.74) is 2.02. The number of pyridine rings is 1. The van der Waals surface area contributed by atoms with Crippen LogP contribution >= 0.6 is 0 Å². The first-order valence-corrected chi connectivity index (χ1v) is 12.8. The quantitative estimate of drug-likeness (QED) is 0.544. The van der Waals surface area contributed by atoms with E-state index in [0.717, 1.165) is 44.3 Å². The second-order valence-corrected chi connectivity index (χ2v) is 11.4. The van der Waals surface area contributed by atoms with Crippen molar-refractivity contribution in [3.05, 3.63) is 42.4 Å². The molecule has 0 aromatic carbocycles. The summed E-state index contributed by atoms with van der Waals surface area (Å²) in [6, 6.07) is 1.73. The van der Waals surface area contributed by atoms with Gasteiger partial charge in [0.1, 0.15) is 23.8 Å². The van der Waals surface area contributed by atoms with Crippen molar-refractivity contribution >= 4 is 11.9 Å². The van der Waals surface area contributed by atoms with E-state index in [0.29, 0.717) is 11.3 Å². The van der Waals surface area contributed by atoms with Crippen molar-refractivity contribution in [3.8, 4) is 11.1 Å². The van der Waals surface area contributed by atoms with Gasteiger partial charge in [-0.2, -0.15) is 5.10 Å². The van der Waals surface area contributed by atoms with Crippen molar-refractivity contribution < 1.29 is 9.13 Å². The number of hydrogen-bond acceptors (Lipinski definition) is 8. The number of aromatic nitrogens is 3. The Hall–Kier alpha value is -2.66. The summed E-state index contributed by atoms with van der Waals surface area (Å²) in [4.78, 5) is 8.88. The molecule has 0 radical (unpaired) electrons. The molecule has 2 unspecified atom stereocenters. The summed E-state index contributed by atoms with van der Waals surface area (Å²) in [7, 11) is 0. The van der Waals surface area contributed by atoms with Crippen molar-refractivity contribution in [2.24, 2.45) is 10.8 Å². The molecule has 5 heterocycles. The molecule has 2 atom stereocenters. The van der Waals surface area contributed by atoms with E-state index in [1.54, 1.807) is 29.5 Å². The van der Waals surface area contributed by atoms with E-state index in [9.17, 15) is 0 Å². The van der Waals surface area contributed by atoms with Crippen molar-refractivity contribution in [1.82, 2.24) is 30.4 Å². The summed E-state index contributed by atoms with van der Waals surface area (Å²) in [5.74, 6) is 5.86. The molecule has 2 aromatic rings. The third-order valence-electron chi connectivity index (χ3n) is 7.01. The highest BCUT2D eigenvalue weighted by Gasteiger charge is 2.38. The summed E-state index contributed by atoms with van der Waals surface area (Å²) < 4.78 is 22.7. The predicted octanol–water partition coefficient (Wildman–Crippen LogP) is 3.57.